The molecule has 0 aliphatic carbocycles. The Kier molecular flexibility index (Phi) is 7.72. The number of benzene rings is 1. The van der Waals surface area contributed by atoms with Gasteiger partial charge in [-0.1, -0.05) is 49.7 Å². The summed E-state index contributed by atoms with van der Waals surface area (Å²) < 4.78 is 5.35. The molecule has 7 nitrogen and oxygen atoms in total. The second-order valence-corrected chi connectivity index (χ2v) is 9.22. The van der Waals surface area contributed by atoms with Crippen molar-refractivity contribution in [3.05, 3.63) is 46.6 Å². The van der Waals surface area contributed by atoms with E-state index < -0.39 is 0 Å². The summed E-state index contributed by atoms with van der Waals surface area (Å²) in [6, 6.07) is 8.52. The van der Waals surface area contributed by atoms with E-state index in [0.29, 0.717) is 24.3 Å². The van der Waals surface area contributed by atoms with Crippen LogP contribution in [0, 0.1) is 0 Å². The molecule has 1 fully saturated rings. The molecule has 3 rings (SSSR count). The summed E-state index contributed by atoms with van der Waals surface area (Å²) in [5, 5.41) is 11.7. The van der Waals surface area contributed by atoms with Crippen molar-refractivity contribution in [1.29, 1.82) is 0 Å². The van der Waals surface area contributed by atoms with Crippen molar-refractivity contribution in [2.24, 2.45) is 4.99 Å². The Morgan fingerprint density at radius 2 is 1.93 bits per heavy atom. The number of hydrogen-bond donors (Lipinski definition) is 2. The predicted molar refractivity (Wildman–Crippen MR) is 121 cm³/mol. The van der Waals surface area contributed by atoms with Crippen LogP contribution in [-0.2, 0) is 18.5 Å². The second kappa shape index (κ2) is 10.3. The van der Waals surface area contributed by atoms with Crippen LogP contribution in [0.5, 0.6) is 0 Å². The van der Waals surface area contributed by atoms with E-state index in [-0.39, 0.29) is 5.41 Å². The first-order valence-corrected chi connectivity index (χ1v) is 11.1. The van der Waals surface area contributed by atoms with Crippen molar-refractivity contribution < 1.29 is 4.52 Å². The number of hydrogen-bond acceptors (Lipinski definition) is 5. The average molecular weight is 433 g/mol. The molecule has 1 aliphatic heterocycles. The fraction of sp³-hybridized carbons (Fsp3) is 0.591. The molecular weight excluding hydrogens is 400 g/mol. The smallest absolute Gasteiger partial charge is 0.232 e. The van der Waals surface area contributed by atoms with Crippen molar-refractivity contribution in [2.45, 2.75) is 65.1 Å². The van der Waals surface area contributed by atoms with Crippen molar-refractivity contribution in [3.8, 4) is 0 Å². The summed E-state index contributed by atoms with van der Waals surface area (Å²) in [4.78, 5) is 11.6. The third-order valence-corrected chi connectivity index (χ3v) is 5.33. The van der Waals surface area contributed by atoms with Crippen molar-refractivity contribution in [2.75, 3.05) is 19.6 Å². The van der Waals surface area contributed by atoms with Crippen LogP contribution in [0.25, 0.3) is 0 Å². The van der Waals surface area contributed by atoms with E-state index in [1.54, 1.807) is 0 Å². The fourth-order valence-corrected chi connectivity index (χ4v) is 3.50. The molecule has 1 aromatic carbocycles. The molecule has 0 radical (unpaired) electrons. The molecule has 164 valence electrons. The van der Waals surface area contributed by atoms with E-state index in [0.717, 1.165) is 50.0 Å². The molecule has 0 spiro atoms. The number of piperidine rings is 1. The van der Waals surface area contributed by atoms with Gasteiger partial charge in [-0.05, 0) is 37.5 Å². The zero-order valence-electron chi connectivity index (χ0n) is 18.4. The SMILES string of the molecule is CCNC(=NCc1noc(C(C)(C)C)n1)NC1CCN(Cc2ccc(Cl)cc2)CC1. The third kappa shape index (κ3) is 6.71. The van der Waals surface area contributed by atoms with Crippen molar-refractivity contribution in [1.82, 2.24) is 25.7 Å². The summed E-state index contributed by atoms with van der Waals surface area (Å²) in [6.07, 6.45) is 2.16. The second-order valence-electron chi connectivity index (χ2n) is 8.78. The van der Waals surface area contributed by atoms with E-state index in [2.05, 4.69) is 70.5 Å². The van der Waals surface area contributed by atoms with Gasteiger partial charge in [0.15, 0.2) is 11.8 Å². The fourth-order valence-electron chi connectivity index (χ4n) is 3.37. The normalized spacial score (nSPS) is 16.6. The van der Waals surface area contributed by atoms with E-state index in [9.17, 15) is 0 Å². The summed E-state index contributed by atoms with van der Waals surface area (Å²) in [6.45, 7) is 12.5. The molecule has 0 unspecified atom stereocenters. The zero-order chi connectivity index (χ0) is 21.6. The lowest BCUT2D eigenvalue weighted by Crippen LogP contribution is -2.48. The number of guanidine groups is 1. The minimum Gasteiger partial charge on any atom is -0.357 e. The molecule has 0 atom stereocenters. The maximum atomic E-state index is 5.98. The van der Waals surface area contributed by atoms with Gasteiger partial charge in [0.05, 0.1) is 0 Å². The summed E-state index contributed by atoms with van der Waals surface area (Å²) in [5.74, 6) is 2.05. The topological polar surface area (TPSA) is 78.6 Å². The van der Waals surface area contributed by atoms with Crippen LogP contribution in [0.3, 0.4) is 0 Å². The Bertz CT molecular complexity index is 819. The minimum absolute atomic E-state index is 0.155. The van der Waals surface area contributed by atoms with Crippen LogP contribution in [-0.4, -0.2) is 46.7 Å². The number of halogens is 1. The highest BCUT2D eigenvalue weighted by Crippen LogP contribution is 2.20. The monoisotopic (exact) mass is 432 g/mol. The number of likely N-dealkylation sites (tertiary alicyclic amines) is 1. The molecule has 0 bridgehead atoms. The first-order chi connectivity index (χ1) is 14.3. The van der Waals surface area contributed by atoms with Crippen LogP contribution < -0.4 is 10.6 Å². The van der Waals surface area contributed by atoms with Gasteiger partial charge in [0.1, 0.15) is 6.54 Å². The molecular formula is C22H33ClN6O. The highest BCUT2D eigenvalue weighted by Gasteiger charge is 2.22. The van der Waals surface area contributed by atoms with Crippen LogP contribution >= 0.6 is 11.6 Å². The zero-order valence-corrected chi connectivity index (χ0v) is 19.2. The largest absolute Gasteiger partial charge is 0.357 e. The quantitative estimate of drug-likeness (QED) is 0.534. The lowest BCUT2D eigenvalue weighted by molar-refractivity contribution is 0.198. The number of aliphatic imine (C=N–C) groups is 1. The molecule has 8 heteroatoms. The first-order valence-electron chi connectivity index (χ1n) is 10.7. The highest BCUT2D eigenvalue weighted by molar-refractivity contribution is 6.30. The molecule has 2 aromatic rings. The molecule has 2 N–H and O–H groups in total. The predicted octanol–water partition coefficient (Wildman–Crippen LogP) is 3.74. The van der Waals surface area contributed by atoms with Gasteiger partial charge in [0.25, 0.3) is 0 Å². The molecule has 0 amide bonds. The maximum Gasteiger partial charge on any atom is 0.232 e. The standard InChI is InChI=1S/C22H33ClN6O/c1-5-24-21(25-14-19-27-20(30-28-19)22(2,3)4)26-18-10-12-29(13-11-18)15-16-6-8-17(23)9-7-16/h6-9,18H,5,10-15H2,1-4H3,(H2,24,25,26). The van der Waals surface area contributed by atoms with Crippen LogP contribution in [0.2, 0.25) is 5.02 Å². The van der Waals surface area contributed by atoms with Gasteiger partial charge >= 0.3 is 0 Å². The van der Waals surface area contributed by atoms with Crippen molar-refractivity contribution in [3.63, 3.8) is 0 Å². The van der Waals surface area contributed by atoms with Gasteiger partial charge < -0.3 is 15.2 Å². The van der Waals surface area contributed by atoms with E-state index in [1.165, 1.54) is 5.56 Å². The minimum atomic E-state index is -0.155. The lowest BCUT2D eigenvalue weighted by atomic mass is 9.97. The molecule has 2 heterocycles. The maximum absolute atomic E-state index is 5.98. The number of rotatable bonds is 6. The van der Waals surface area contributed by atoms with Gasteiger partial charge in [0, 0.05) is 42.7 Å². The van der Waals surface area contributed by atoms with Gasteiger partial charge in [-0.15, -0.1) is 0 Å². The van der Waals surface area contributed by atoms with Gasteiger partial charge in [-0.3, -0.25) is 4.90 Å². The Morgan fingerprint density at radius 1 is 1.23 bits per heavy atom. The van der Waals surface area contributed by atoms with E-state index in [4.69, 9.17) is 16.1 Å². The van der Waals surface area contributed by atoms with Gasteiger partial charge in [-0.25, -0.2) is 4.99 Å². The van der Waals surface area contributed by atoms with E-state index in [1.807, 2.05) is 12.1 Å². The number of nitrogens with one attached hydrogen (secondary N) is 2. The Morgan fingerprint density at radius 3 is 2.53 bits per heavy atom. The Balaban J connectivity index is 1.50. The Labute approximate surface area is 184 Å². The highest BCUT2D eigenvalue weighted by atomic mass is 35.5. The molecule has 1 aromatic heterocycles. The van der Waals surface area contributed by atoms with Crippen molar-refractivity contribution >= 4 is 17.6 Å². The van der Waals surface area contributed by atoms with Crippen LogP contribution in [0.1, 0.15) is 57.8 Å². The van der Waals surface area contributed by atoms with Gasteiger partial charge in [0.2, 0.25) is 5.89 Å². The summed E-state index contributed by atoms with van der Waals surface area (Å²) in [5.41, 5.74) is 1.15. The lowest BCUT2D eigenvalue weighted by Gasteiger charge is -2.33. The van der Waals surface area contributed by atoms with Crippen LogP contribution in [0.15, 0.2) is 33.8 Å². The average Bonchev–Trinajstić information content (AvgIpc) is 3.19. The van der Waals surface area contributed by atoms with Gasteiger partial charge in [-0.2, -0.15) is 4.98 Å². The molecule has 0 saturated carbocycles. The molecule has 1 aliphatic rings. The molecule has 1 saturated heterocycles. The Hall–Kier alpha value is -2.12. The van der Waals surface area contributed by atoms with E-state index >= 15 is 0 Å². The third-order valence-electron chi connectivity index (χ3n) is 5.08. The molecule has 30 heavy (non-hydrogen) atoms. The summed E-state index contributed by atoms with van der Waals surface area (Å²) >= 11 is 5.98. The first kappa shape index (κ1) is 22.6. The van der Waals surface area contributed by atoms with Crippen LogP contribution in [0.4, 0.5) is 0 Å². The number of nitrogens with zero attached hydrogens (tertiary/aromatic N) is 4. The number of aromatic nitrogens is 2. The summed E-state index contributed by atoms with van der Waals surface area (Å²) in [7, 11) is 0.